The monoisotopic (exact) mass is 294 g/mol. The molecule has 2 rings (SSSR count). The van der Waals surface area contributed by atoms with E-state index in [-0.39, 0.29) is 23.4 Å². The molecular weight excluding hydrogens is 272 g/mol. The van der Waals surface area contributed by atoms with Crippen molar-refractivity contribution < 1.29 is 9.59 Å². The van der Waals surface area contributed by atoms with E-state index in [0.29, 0.717) is 11.1 Å². The average molecular weight is 294 g/mol. The van der Waals surface area contributed by atoms with E-state index in [4.69, 9.17) is 0 Å². The first kappa shape index (κ1) is 16.2. The Morgan fingerprint density at radius 1 is 0.909 bits per heavy atom. The molecule has 2 heteroatoms. The van der Waals surface area contributed by atoms with Gasteiger partial charge in [-0.15, -0.1) is 0 Å². The first-order chi connectivity index (χ1) is 10.5. The number of hydrogen-bond donors (Lipinski definition) is 0. The molecule has 0 spiro atoms. The molecule has 0 amide bonds. The molecule has 0 heterocycles. The second kappa shape index (κ2) is 7.17. The Kier molecular flexibility index (Phi) is 5.26. The van der Waals surface area contributed by atoms with Gasteiger partial charge in [0.2, 0.25) is 0 Å². The van der Waals surface area contributed by atoms with Crippen molar-refractivity contribution >= 4 is 11.6 Å². The Balaban J connectivity index is 2.27. The van der Waals surface area contributed by atoms with Gasteiger partial charge in [0, 0.05) is 23.0 Å². The lowest BCUT2D eigenvalue weighted by Gasteiger charge is -2.16. The highest BCUT2D eigenvalue weighted by Gasteiger charge is 2.21. The summed E-state index contributed by atoms with van der Waals surface area (Å²) >= 11 is 0. The van der Waals surface area contributed by atoms with Gasteiger partial charge in [0.1, 0.15) is 5.78 Å². The zero-order chi connectivity index (χ0) is 16.1. The Hall–Kier alpha value is -2.22. The predicted octanol–water partition coefficient (Wildman–Crippen LogP) is 4.64. The number of Topliss-reactive ketones (excluding diaryl/α,β-unsaturated/α-hetero) is 1. The zero-order valence-electron chi connectivity index (χ0n) is 13.4. The predicted molar refractivity (Wildman–Crippen MR) is 89.2 cm³/mol. The minimum atomic E-state index is -0.182. The van der Waals surface area contributed by atoms with E-state index >= 15 is 0 Å². The quantitative estimate of drug-likeness (QED) is 0.727. The summed E-state index contributed by atoms with van der Waals surface area (Å²) in [6.07, 6.45) is 0.839. The van der Waals surface area contributed by atoms with Crippen LogP contribution in [0.3, 0.4) is 0 Å². The molecular formula is C20H22O2. The van der Waals surface area contributed by atoms with Crippen LogP contribution in [0.5, 0.6) is 0 Å². The van der Waals surface area contributed by atoms with Gasteiger partial charge in [0.25, 0.3) is 0 Å². The van der Waals surface area contributed by atoms with Crippen molar-refractivity contribution in [1.29, 1.82) is 0 Å². The summed E-state index contributed by atoms with van der Waals surface area (Å²) < 4.78 is 0. The van der Waals surface area contributed by atoms with E-state index < -0.39 is 0 Å². The van der Waals surface area contributed by atoms with Gasteiger partial charge in [-0.1, -0.05) is 69.3 Å². The Morgan fingerprint density at radius 3 is 2.18 bits per heavy atom. The SMILES string of the molecule is CCC(C)C(=O)C(C)c1cccc(C(=O)c2ccccc2)c1. The van der Waals surface area contributed by atoms with Crippen LogP contribution in [0.15, 0.2) is 54.6 Å². The maximum atomic E-state index is 12.5. The van der Waals surface area contributed by atoms with Gasteiger partial charge >= 0.3 is 0 Å². The highest BCUT2D eigenvalue weighted by molar-refractivity contribution is 6.09. The Morgan fingerprint density at radius 2 is 1.55 bits per heavy atom. The fraction of sp³-hybridized carbons (Fsp3) is 0.300. The summed E-state index contributed by atoms with van der Waals surface area (Å²) in [5, 5.41) is 0. The average Bonchev–Trinajstić information content (AvgIpc) is 2.59. The number of rotatable bonds is 6. The van der Waals surface area contributed by atoms with Crippen molar-refractivity contribution in [1.82, 2.24) is 0 Å². The third kappa shape index (κ3) is 3.51. The first-order valence-corrected chi connectivity index (χ1v) is 7.78. The molecule has 0 aliphatic heterocycles. The van der Waals surface area contributed by atoms with E-state index in [1.165, 1.54) is 0 Å². The molecule has 22 heavy (non-hydrogen) atoms. The molecule has 0 aliphatic carbocycles. The topological polar surface area (TPSA) is 34.1 Å². The van der Waals surface area contributed by atoms with Crippen LogP contribution in [0, 0.1) is 5.92 Å². The van der Waals surface area contributed by atoms with Crippen molar-refractivity contribution in [2.45, 2.75) is 33.1 Å². The largest absolute Gasteiger partial charge is 0.299 e. The van der Waals surface area contributed by atoms with E-state index in [0.717, 1.165) is 12.0 Å². The van der Waals surface area contributed by atoms with Gasteiger partial charge in [0.15, 0.2) is 5.78 Å². The van der Waals surface area contributed by atoms with Gasteiger partial charge in [-0.25, -0.2) is 0 Å². The minimum absolute atomic E-state index is 0.00867. The standard InChI is InChI=1S/C20H22O2/c1-4-14(2)19(21)15(3)17-11-8-12-18(13-17)20(22)16-9-6-5-7-10-16/h5-15H,4H2,1-3H3. The second-order valence-electron chi connectivity index (χ2n) is 5.75. The molecule has 0 fully saturated rings. The van der Waals surface area contributed by atoms with Crippen molar-refractivity contribution in [2.24, 2.45) is 5.92 Å². The lowest BCUT2D eigenvalue weighted by atomic mass is 9.87. The fourth-order valence-electron chi connectivity index (χ4n) is 2.50. The highest BCUT2D eigenvalue weighted by Crippen LogP contribution is 2.23. The van der Waals surface area contributed by atoms with E-state index in [1.54, 1.807) is 6.07 Å². The summed E-state index contributed by atoms with van der Waals surface area (Å²) in [6, 6.07) is 16.6. The molecule has 0 radical (unpaired) electrons. The lowest BCUT2D eigenvalue weighted by molar-refractivity contribution is -0.123. The Labute approximate surface area is 132 Å². The fourth-order valence-corrected chi connectivity index (χ4v) is 2.50. The van der Waals surface area contributed by atoms with E-state index in [9.17, 15) is 9.59 Å². The van der Waals surface area contributed by atoms with Crippen molar-refractivity contribution in [3.8, 4) is 0 Å². The third-order valence-corrected chi connectivity index (χ3v) is 4.21. The molecule has 0 aliphatic rings. The van der Waals surface area contributed by atoms with Gasteiger partial charge in [-0.05, 0) is 18.1 Å². The van der Waals surface area contributed by atoms with Crippen LogP contribution in [0.4, 0.5) is 0 Å². The van der Waals surface area contributed by atoms with Gasteiger partial charge in [-0.2, -0.15) is 0 Å². The van der Waals surface area contributed by atoms with Crippen LogP contribution in [-0.4, -0.2) is 11.6 Å². The highest BCUT2D eigenvalue weighted by atomic mass is 16.1. The van der Waals surface area contributed by atoms with Gasteiger partial charge in [-0.3, -0.25) is 9.59 Å². The second-order valence-corrected chi connectivity index (χ2v) is 5.75. The number of benzene rings is 2. The molecule has 0 saturated carbocycles. The number of ketones is 2. The third-order valence-electron chi connectivity index (χ3n) is 4.21. The first-order valence-electron chi connectivity index (χ1n) is 7.78. The van der Waals surface area contributed by atoms with Crippen LogP contribution >= 0.6 is 0 Å². The molecule has 0 bridgehead atoms. The molecule has 0 aromatic heterocycles. The van der Waals surface area contributed by atoms with Crippen LogP contribution in [0.2, 0.25) is 0 Å². The molecule has 114 valence electrons. The number of carbonyl (C=O) groups is 2. The maximum Gasteiger partial charge on any atom is 0.193 e. The van der Waals surface area contributed by atoms with Crippen LogP contribution in [0.25, 0.3) is 0 Å². The molecule has 2 unspecified atom stereocenters. The summed E-state index contributed by atoms with van der Waals surface area (Å²) in [5.41, 5.74) is 2.21. The number of carbonyl (C=O) groups excluding carboxylic acids is 2. The minimum Gasteiger partial charge on any atom is -0.299 e. The Bertz CT molecular complexity index is 658. The molecule has 2 aromatic carbocycles. The summed E-state index contributed by atoms with van der Waals surface area (Å²) in [6.45, 7) is 5.89. The normalized spacial score (nSPS) is 13.4. The maximum absolute atomic E-state index is 12.5. The van der Waals surface area contributed by atoms with E-state index in [2.05, 4.69) is 0 Å². The molecule has 2 atom stereocenters. The van der Waals surface area contributed by atoms with E-state index in [1.807, 2.05) is 69.3 Å². The van der Waals surface area contributed by atoms with Crippen LogP contribution in [0.1, 0.15) is 54.6 Å². The van der Waals surface area contributed by atoms with Gasteiger partial charge in [0.05, 0.1) is 0 Å². The molecule has 2 aromatic rings. The summed E-state index contributed by atoms with van der Waals surface area (Å²) in [4.78, 5) is 24.8. The molecule has 0 N–H and O–H groups in total. The van der Waals surface area contributed by atoms with Crippen molar-refractivity contribution in [2.75, 3.05) is 0 Å². The van der Waals surface area contributed by atoms with Crippen LogP contribution < -0.4 is 0 Å². The molecule has 2 nitrogen and oxygen atoms in total. The van der Waals surface area contributed by atoms with Gasteiger partial charge < -0.3 is 0 Å². The summed E-state index contributed by atoms with van der Waals surface area (Å²) in [5.74, 6) is 0.0828. The number of hydrogen-bond acceptors (Lipinski definition) is 2. The van der Waals surface area contributed by atoms with Crippen molar-refractivity contribution in [3.05, 3.63) is 71.3 Å². The summed E-state index contributed by atoms with van der Waals surface area (Å²) in [7, 11) is 0. The molecule has 0 saturated heterocycles. The smallest absolute Gasteiger partial charge is 0.193 e. The van der Waals surface area contributed by atoms with Crippen LogP contribution in [-0.2, 0) is 4.79 Å². The lowest BCUT2D eigenvalue weighted by Crippen LogP contribution is -2.17. The van der Waals surface area contributed by atoms with Crippen molar-refractivity contribution in [3.63, 3.8) is 0 Å². The zero-order valence-corrected chi connectivity index (χ0v) is 13.4.